The van der Waals surface area contributed by atoms with Gasteiger partial charge in [0.1, 0.15) is 5.82 Å². The number of carbonyl (C=O) groups is 1. The predicted octanol–water partition coefficient (Wildman–Crippen LogP) is 2.75. The highest BCUT2D eigenvalue weighted by Gasteiger charge is 2.16. The van der Waals surface area contributed by atoms with E-state index in [9.17, 15) is 4.79 Å². The molecule has 4 rings (SSSR count). The van der Waals surface area contributed by atoms with Crippen LogP contribution in [-0.4, -0.2) is 69.9 Å². The lowest BCUT2D eigenvalue weighted by molar-refractivity contribution is 0.101. The molecule has 1 aliphatic heterocycles. The molecule has 3 heterocycles. The Morgan fingerprint density at radius 2 is 1.93 bits per heavy atom. The summed E-state index contributed by atoms with van der Waals surface area (Å²) < 4.78 is 7.99. The third-order valence-corrected chi connectivity index (χ3v) is 5.52. The summed E-state index contributed by atoms with van der Waals surface area (Å²) >= 11 is 0. The van der Waals surface area contributed by atoms with Crippen molar-refractivity contribution < 1.29 is 9.53 Å². The number of rotatable bonds is 6. The Bertz CT molecular complexity index is 1020. The van der Waals surface area contributed by atoms with E-state index in [-0.39, 0.29) is 5.78 Å². The zero-order valence-corrected chi connectivity index (χ0v) is 17.3. The number of ether oxygens (including phenoxy) is 1. The second-order valence-electron chi connectivity index (χ2n) is 7.65. The number of ketones is 1. The van der Waals surface area contributed by atoms with E-state index >= 15 is 0 Å². The fourth-order valence-corrected chi connectivity index (χ4v) is 3.80. The van der Waals surface area contributed by atoms with E-state index in [1.807, 2.05) is 35.9 Å². The standard InChI is InChI=1S/C22H27N5O2/c1-16(28)18-15-17-5-4-6-19(22(17)26(18)3)29-21-7-9-23-20(24-21)8-10-27-13-11-25(2)12-14-27/h4-7,9,15H,8,10-14H2,1-3H3. The van der Waals surface area contributed by atoms with Gasteiger partial charge < -0.3 is 19.1 Å². The maximum Gasteiger partial charge on any atom is 0.222 e. The van der Waals surface area contributed by atoms with Gasteiger partial charge in [-0.15, -0.1) is 0 Å². The van der Waals surface area contributed by atoms with Crippen LogP contribution in [0.4, 0.5) is 0 Å². The number of carbonyl (C=O) groups excluding carboxylic acids is 1. The number of fused-ring (bicyclic) bond motifs is 1. The SMILES string of the molecule is CC(=O)c1cc2cccc(Oc3ccnc(CCN4CCN(C)CC4)n3)c2n1C. The zero-order valence-electron chi connectivity index (χ0n) is 17.3. The van der Waals surface area contributed by atoms with Gasteiger partial charge in [-0.1, -0.05) is 12.1 Å². The molecule has 0 atom stereocenters. The molecule has 0 N–H and O–H groups in total. The highest BCUT2D eigenvalue weighted by molar-refractivity contribution is 6.00. The molecule has 1 aromatic carbocycles. The summed E-state index contributed by atoms with van der Waals surface area (Å²) in [6.07, 6.45) is 2.54. The van der Waals surface area contributed by atoms with E-state index in [1.54, 1.807) is 19.2 Å². The first-order valence-corrected chi connectivity index (χ1v) is 10.0. The number of hydrogen-bond acceptors (Lipinski definition) is 6. The smallest absolute Gasteiger partial charge is 0.222 e. The highest BCUT2D eigenvalue weighted by Crippen LogP contribution is 2.31. The molecule has 152 valence electrons. The number of aryl methyl sites for hydroxylation is 1. The molecule has 1 aliphatic rings. The number of para-hydroxylation sites is 1. The van der Waals surface area contributed by atoms with Gasteiger partial charge in [0.2, 0.25) is 5.88 Å². The van der Waals surface area contributed by atoms with Crippen LogP contribution in [0.3, 0.4) is 0 Å². The van der Waals surface area contributed by atoms with Crippen molar-refractivity contribution in [2.24, 2.45) is 7.05 Å². The minimum atomic E-state index is 0.0304. The fraction of sp³-hybridized carbons (Fsp3) is 0.409. The average Bonchev–Trinajstić information content (AvgIpc) is 3.06. The largest absolute Gasteiger partial charge is 0.437 e. The molecule has 1 fully saturated rings. The summed E-state index contributed by atoms with van der Waals surface area (Å²) in [5, 5.41) is 0.972. The van der Waals surface area contributed by atoms with Gasteiger partial charge in [-0.25, -0.2) is 4.98 Å². The molecule has 0 bridgehead atoms. The summed E-state index contributed by atoms with van der Waals surface area (Å²) in [7, 11) is 4.04. The normalized spacial score (nSPS) is 15.7. The molecule has 0 spiro atoms. The van der Waals surface area contributed by atoms with Crippen molar-refractivity contribution in [3.8, 4) is 11.6 Å². The summed E-state index contributed by atoms with van der Waals surface area (Å²) in [6.45, 7) is 6.90. The minimum Gasteiger partial charge on any atom is -0.437 e. The molecule has 7 heteroatoms. The predicted molar refractivity (Wildman–Crippen MR) is 113 cm³/mol. The van der Waals surface area contributed by atoms with E-state index in [0.717, 1.165) is 55.9 Å². The molecule has 0 unspecified atom stereocenters. The van der Waals surface area contributed by atoms with Crippen LogP contribution in [0, 0.1) is 0 Å². The second kappa shape index (κ2) is 8.31. The molecular formula is C22H27N5O2. The molecule has 3 aromatic rings. The number of piperazine rings is 1. The maximum absolute atomic E-state index is 11.9. The Morgan fingerprint density at radius 3 is 2.69 bits per heavy atom. The Kier molecular flexibility index (Phi) is 5.60. The van der Waals surface area contributed by atoms with Crippen LogP contribution in [-0.2, 0) is 13.5 Å². The minimum absolute atomic E-state index is 0.0304. The molecule has 2 aromatic heterocycles. The first-order valence-electron chi connectivity index (χ1n) is 10.0. The lowest BCUT2D eigenvalue weighted by Crippen LogP contribution is -2.45. The molecule has 7 nitrogen and oxygen atoms in total. The van der Waals surface area contributed by atoms with Crippen LogP contribution in [0.15, 0.2) is 36.5 Å². The first kappa shape index (κ1) is 19.5. The van der Waals surface area contributed by atoms with Crippen molar-refractivity contribution in [3.63, 3.8) is 0 Å². The van der Waals surface area contributed by atoms with Crippen molar-refractivity contribution in [1.82, 2.24) is 24.3 Å². The van der Waals surface area contributed by atoms with Gasteiger partial charge in [0, 0.05) is 70.8 Å². The van der Waals surface area contributed by atoms with Gasteiger partial charge in [-0.05, 0) is 19.2 Å². The Labute approximate surface area is 170 Å². The summed E-state index contributed by atoms with van der Waals surface area (Å²) in [5.74, 6) is 2.01. The van der Waals surface area contributed by atoms with Crippen molar-refractivity contribution in [3.05, 3.63) is 48.0 Å². The number of Topliss-reactive ketones (excluding diaryl/α,β-unsaturated/α-hetero) is 1. The topological polar surface area (TPSA) is 63.5 Å². The molecule has 29 heavy (non-hydrogen) atoms. The van der Waals surface area contributed by atoms with Crippen molar-refractivity contribution in [1.29, 1.82) is 0 Å². The summed E-state index contributed by atoms with van der Waals surface area (Å²) in [5.41, 5.74) is 1.54. The molecule has 0 aliphatic carbocycles. The quantitative estimate of drug-likeness (QED) is 0.600. The summed E-state index contributed by atoms with van der Waals surface area (Å²) in [4.78, 5) is 25.7. The number of nitrogens with zero attached hydrogens (tertiary/aromatic N) is 5. The number of benzene rings is 1. The van der Waals surface area contributed by atoms with E-state index in [0.29, 0.717) is 17.3 Å². The van der Waals surface area contributed by atoms with E-state index in [1.165, 1.54) is 0 Å². The molecular weight excluding hydrogens is 366 g/mol. The third kappa shape index (κ3) is 4.31. The number of hydrogen-bond donors (Lipinski definition) is 0. The number of likely N-dealkylation sites (N-methyl/N-ethyl adjacent to an activating group) is 1. The molecule has 0 saturated carbocycles. The van der Waals surface area contributed by atoms with Crippen molar-refractivity contribution >= 4 is 16.7 Å². The maximum atomic E-state index is 11.9. The lowest BCUT2D eigenvalue weighted by Gasteiger charge is -2.32. The Balaban J connectivity index is 1.50. The van der Waals surface area contributed by atoms with Crippen LogP contribution in [0.1, 0.15) is 23.2 Å². The van der Waals surface area contributed by atoms with Crippen LogP contribution >= 0.6 is 0 Å². The van der Waals surface area contributed by atoms with E-state index in [2.05, 4.69) is 26.8 Å². The Morgan fingerprint density at radius 1 is 1.14 bits per heavy atom. The fourth-order valence-electron chi connectivity index (χ4n) is 3.80. The first-order chi connectivity index (χ1) is 14.0. The van der Waals surface area contributed by atoms with Crippen LogP contribution < -0.4 is 4.74 Å². The zero-order chi connectivity index (χ0) is 20.4. The molecule has 0 amide bonds. The molecule has 1 saturated heterocycles. The third-order valence-electron chi connectivity index (χ3n) is 5.52. The van der Waals surface area contributed by atoms with Crippen molar-refractivity contribution in [2.75, 3.05) is 39.8 Å². The van der Waals surface area contributed by atoms with Gasteiger partial charge in [0.25, 0.3) is 0 Å². The van der Waals surface area contributed by atoms with Gasteiger partial charge in [-0.2, -0.15) is 4.98 Å². The van der Waals surface area contributed by atoms with Gasteiger partial charge in [0.15, 0.2) is 11.5 Å². The lowest BCUT2D eigenvalue weighted by atomic mass is 10.2. The van der Waals surface area contributed by atoms with E-state index in [4.69, 9.17) is 4.74 Å². The summed E-state index contributed by atoms with van der Waals surface area (Å²) in [6, 6.07) is 9.48. The van der Waals surface area contributed by atoms with Crippen molar-refractivity contribution in [2.45, 2.75) is 13.3 Å². The van der Waals surface area contributed by atoms with Crippen LogP contribution in [0.5, 0.6) is 11.6 Å². The van der Waals surface area contributed by atoms with Gasteiger partial charge in [-0.3, -0.25) is 4.79 Å². The van der Waals surface area contributed by atoms with Gasteiger partial charge >= 0.3 is 0 Å². The number of aromatic nitrogens is 3. The average molecular weight is 393 g/mol. The second-order valence-corrected chi connectivity index (χ2v) is 7.65. The highest BCUT2D eigenvalue weighted by atomic mass is 16.5. The molecule has 0 radical (unpaired) electrons. The van der Waals surface area contributed by atoms with Crippen LogP contribution in [0.25, 0.3) is 10.9 Å². The monoisotopic (exact) mass is 393 g/mol. The van der Waals surface area contributed by atoms with E-state index < -0.39 is 0 Å². The Hall–Kier alpha value is -2.77. The van der Waals surface area contributed by atoms with Gasteiger partial charge in [0.05, 0.1) is 11.2 Å². The van der Waals surface area contributed by atoms with Crippen LogP contribution in [0.2, 0.25) is 0 Å².